The highest BCUT2D eigenvalue weighted by atomic mass is 35.5. The lowest BCUT2D eigenvalue weighted by Crippen LogP contribution is -2.41. The van der Waals surface area contributed by atoms with Gasteiger partial charge in [0.2, 0.25) is 5.91 Å². The first kappa shape index (κ1) is 26.2. The SMILES string of the molecule is Cc1c(Cl)cccc1N(CC(=O)NCc1ccc(CN2CCCCC2)cc1)S(=O)(=O)c1ccccc1. The number of carbonyl (C=O) groups excluding carboxylic acids is 1. The quantitative estimate of drug-likeness (QED) is 0.419. The molecular weight excluding hydrogens is 494 g/mol. The number of piperidine rings is 1. The number of amides is 1. The molecule has 4 rings (SSSR count). The minimum absolute atomic E-state index is 0.112. The van der Waals surface area contributed by atoms with Gasteiger partial charge in [-0.05, 0) is 73.8 Å². The molecule has 0 radical (unpaired) electrons. The second-order valence-electron chi connectivity index (χ2n) is 9.14. The van der Waals surface area contributed by atoms with Gasteiger partial charge in [-0.3, -0.25) is 14.0 Å². The molecule has 0 aromatic heterocycles. The van der Waals surface area contributed by atoms with E-state index >= 15 is 0 Å². The number of hydrogen-bond acceptors (Lipinski definition) is 4. The van der Waals surface area contributed by atoms with E-state index in [9.17, 15) is 13.2 Å². The topological polar surface area (TPSA) is 69.7 Å². The fraction of sp³-hybridized carbons (Fsp3) is 0.321. The third-order valence-corrected chi connectivity index (χ3v) is 8.68. The smallest absolute Gasteiger partial charge is 0.264 e. The van der Waals surface area contributed by atoms with Crippen molar-refractivity contribution in [1.29, 1.82) is 0 Å². The summed E-state index contributed by atoms with van der Waals surface area (Å²) in [6, 6.07) is 21.4. The number of nitrogens with zero attached hydrogens (tertiary/aromatic N) is 2. The van der Waals surface area contributed by atoms with E-state index in [-0.39, 0.29) is 11.4 Å². The molecule has 0 saturated carbocycles. The van der Waals surface area contributed by atoms with E-state index in [1.54, 1.807) is 43.3 Å². The normalized spacial score (nSPS) is 14.4. The lowest BCUT2D eigenvalue weighted by molar-refractivity contribution is -0.119. The van der Waals surface area contributed by atoms with Gasteiger partial charge in [0.25, 0.3) is 10.0 Å². The Hall–Kier alpha value is -2.87. The van der Waals surface area contributed by atoms with Crippen molar-refractivity contribution in [3.8, 4) is 0 Å². The van der Waals surface area contributed by atoms with Crippen LogP contribution in [0.2, 0.25) is 5.02 Å². The summed E-state index contributed by atoms with van der Waals surface area (Å²) in [5.74, 6) is -0.397. The largest absolute Gasteiger partial charge is 0.350 e. The summed E-state index contributed by atoms with van der Waals surface area (Å²) < 4.78 is 28.1. The number of nitrogens with one attached hydrogen (secondary N) is 1. The van der Waals surface area contributed by atoms with Crippen LogP contribution in [0.4, 0.5) is 5.69 Å². The number of halogens is 1. The van der Waals surface area contributed by atoms with Gasteiger partial charge in [-0.25, -0.2) is 8.42 Å². The van der Waals surface area contributed by atoms with Crippen molar-refractivity contribution in [2.75, 3.05) is 23.9 Å². The van der Waals surface area contributed by atoms with Gasteiger partial charge in [-0.15, -0.1) is 0 Å². The molecule has 1 heterocycles. The predicted molar refractivity (Wildman–Crippen MR) is 145 cm³/mol. The molecular formula is C28H32ClN3O3S. The van der Waals surface area contributed by atoms with Crippen LogP contribution in [0.15, 0.2) is 77.7 Å². The molecule has 1 aliphatic heterocycles. The average molecular weight is 526 g/mol. The second kappa shape index (κ2) is 11.9. The van der Waals surface area contributed by atoms with E-state index in [2.05, 4.69) is 22.3 Å². The zero-order valence-electron chi connectivity index (χ0n) is 20.5. The van der Waals surface area contributed by atoms with Crippen molar-refractivity contribution in [2.24, 2.45) is 0 Å². The molecule has 0 unspecified atom stereocenters. The van der Waals surface area contributed by atoms with Crippen LogP contribution in [-0.4, -0.2) is 38.9 Å². The summed E-state index contributed by atoms with van der Waals surface area (Å²) in [6.45, 7) is 4.94. The Morgan fingerprint density at radius 3 is 2.28 bits per heavy atom. The van der Waals surface area contributed by atoms with Gasteiger partial charge in [0.05, 0.1) is 10.6 Å². The van der Waals surface area contributed by atoms with Gasteiger partial charge in [-0.2, -0.15) is 0 Å². The molecule has 1 N–H and O–H groups in total. The lowest BCUT2D eigenvalue weighted by atomic mass is 10.1. The number of sulfonamides is 1. The Morgan fingerprint density at radius 1 is 0.917 bits per heavy atom. The minimum Gasteiger partial charge on any atom is -0.350 e. The Morgan fingerprint density at radius 2 is 1.58 bits per heavy atom. The molecule has 6 nitrogen and oxygen atoms in total. The highest BCUT2D eigenvalue weighted by molar-refractivity contribution is 7.92. The monoisotopic (exact) mass is 525 g/mol. The predicted octanol–water partition coefficient (Wildman–Crippen LogP) is 5.15. The van der Waals surface area contributed by atoms with Crippen LogP contribution in [0.1, 0.15) is 36.0 Å². The Labute approximate surface area is 218 Å². The molecule has 0 spiro atoms. The van der Waals surface area contributed by atoms with E-state index in [0.29, 0.717) is 22.8 Å². The molecule has 1 aliphatic rings. The summed E-state index contributed by atoms with van der Waals surface area (Å²) in [4.78, 5) is 15.5. The molecule has 36 heavy (non-hydrogen) atoms. The summed E-state index contributed by atoms with van der Waals surface area (Å²) in [7, 11) is -3.98. The van der Waals surface area contributed by atoms with Crippen molar-refractivity contribution in [1.82, 2.24) is 10.2 Å². The van der Waals surface area contributed by atoms with Crippen LogP contribution >= 0.6 is 11.6 Å². The van der Waals surface area contributed by atoms with Crippen LogP contribution in [0.25, 0.3) is 0 Å². The fourth-order valence-electron chi connectivity index (χ4n) is 4.41. The van der Waals surface area contributed by atoms with E-state index < -0.39 is 15.9 Å². The van der Waals surface area contributed by atoms with Crippen molar-refractivity contribution in [2.45, 2.75) is 44.2 Å². The van der Waals surface area contributed by atoms with Gasteiger partial charge < -0.3 is 5.32 Å². The number of hydrogen-bond donors (Lipinski definition) is 1. The highest BCUT2D eigenvalue weighted by Gasteiger charge is 2.28. The van der Waals surface area contributed by atoms with E-state index in [1.807, 2.05) is 12.1 Å². The Bertz CT molecular complexity index is 1280. The van der Waals surface area contributed by atoms with Gasteiger partial charge >= 0.3 is 0 Å². The second-order valence-corrected chi connectivity index (χ2v) is 11.4. The maximum atomic E-state index is 13.5. The molecule has 8 heteroatoms. The lowest BCUT2D eigenvalue weighted by Gasteiger charge is -2.26. The van der Waals surface area contributed by atoms with Crippen molar-refractivity contribution in [3.63, 3.8) is 0 Å². The third-order valence-electron chi connectivity index (χ3n) is 6.49. The summed E-state index contributed by atoms with van der Waals surface area (Å²) in [6.07, 6.45) is 3.84. The standard InChI is InChI=1S/C28H32ClN3O3S/c1-22-26(29)11-8-12-27(22)32(36(34,35)25-9-4-2-5-10-25)21-28(33)30-19-23-13-15-24(16-14-23)20-31-17-6-3-7-18-31/h2,4-5,8-16H,3,6-7,17-21H2,1H3,(H,30,33). The van der Waals surface area contributed by atoms with Crippen molar-refractivity contribution in [3.05, 3.63) is 94.5 Å². The van der Waals surface area contributed by atoms with Crippen LogP contribution in [-0.2, 0) is 27.9 Å². The maximum Gasteiger partial charge on any atom is 0.264 e. The number of rotatable bonds is 9. The van der Waals surface area contributed by atoms with Gasteiger partial charge in [0.1, 0.15) is 6.54 Å². The maximum absolute atomic E-state index is 13.5. The molecule has 1 fully saturated rings. The first-order chi connectivity index (χ1) is 17.3. The van der Waals surface area contributed by atoms with E-state index in [1.165, 1.54) is 37.0 Å². The molecule has 190 valence electrons. The summed E-state index contributed by atoms with van der Waals surface area (Å²) >= 11 is 6.28. The first-order valence-electron chi connectivity index (χ1n) is 12.2. The van der Waals surface area contributed by atoms with Gasteiger partial charge in [-0.1, -0.05) is 66.6 Å². The van der Waals surface area contributed by atoms with Crippen LogP contribution < -0.4 is 9.62 Å². The third kappa shape index (κ3) is 6.46. The summed E-state index contributed by atoms with van der Waals surface area (Å²) in [5.41, 5.74) is 3.19. The molecule has 0 atom stereocenters. The number of benzene rings is 3. The molecule has 3 aromatic rings. The molecule has 1 saturated heterocycles. The number of carbonyl (C=O) groups is 1. The Balaban J connectivity index is 1.45. The van der Waals surface area contributed by atoms with Crippen LogP contribution in [0, 0.1) is 6.92 Å². The van der Waals surface area contributed by atoms with Gasteiger partial charge in [0, 0.05) is 18.1 Å². The molecule has 3 aromatic carbocycles. The minimum atomic E-state index is -3.98. The zero-order valence-corrected chi connectivity index (χ0v) is 22.1. The van der Waals surface area contributed by atoms with Crippen LogP contribution in [0.3, 0.4) is 0 Å². The molecule has 0 aliphatic carbocycles. The van der Waals surface area contributed by atoms with Gasteiger partial charge in [0.15, 0.2) is 0 Å². The fourth-order valence-corrected chi connectivity index (χ4v) is 6.08. The zero-order chi connectivity index (χ0) is 25.5. The summed E-state index contributed by atoms with van der Waals surface area (Å²) in [5, 5.41) is 3.31. The first-order valence-corrected chi connectivity index (χ1v) is 14.1. The molecule has 0 bridgehead atoms. The van der Waals surface area contributed by atoms with Crippen LogP contribution in [0.5, 0.6) is 0 Å². The average Bonchev–Trinajstić information content (AvgIpc) is 2.90. The van der Waals surface area contributed by atoms with E-state index in [0.717, 1.165) is 29.5 Å². The number of anilines is 1. The number of likely N-dealkylation sites (tertiary alicyclic amines) is 1. The Kier molecular flexibility index (Phi) is 8.67. The van der Waals surface area contributed by atoms with Crippen molar-refractivity contribution < 1.29 is 13.2 Å². The molecule has 1 amide bonds. The van der Waals surface area contributed by atoms with E-state index in [4.69, 9.17) is 11.6 Å². The highest BCUT2D eigenvalue weighted by Crippen LogP contribution is 2.30. The van der Waals surface area contributed by atoms with Crippen molar-refractivity contribution >= 4 is 33.2 Å².